The molecule has 1 aliphatic carbocycles. The molecule has 0 radical (unpaired) electrons. The first kappa shape index (κ1) is 25.5. The molecular weight excluding hydrogens is 456 g/mol. The molecule has 0 atom stereocenters. The lowest BCUT2D eigenvalue weighted by molar-refractivity contribution is -0.118. The number of nitrogens with one attached hydrogen (secondary N) is 1. The van der Waals surface area contributed by atoms with Crippen LogP contribution in [-0.2, 0) is 11.8 Å². The molecular formula is C27H36N6O3. The lowest BCUT2D eigenvalue weighted by atomic mass is 10.1. The second-order valence-electron chi connectivity index (χ2n) is 10.2. The number of ether oxygens (including phenoxy) is 2. The van der Waals surface area contributed by atoms with Crippen LogP contribution in [-0.4, -0.2) is 50.8 Å². The van der Waals surface area contributed by atoms with Gasteiger partial charge in [-0.1, -0.05) is 18.9 Å². The summed E-state index contributed by atoms with van der Waals surface area (Å²) in [6.45, 7) is 7.44. The molecule has 0 aliphatic heterocycles. The number of carbonyl (C=O) groups is 1. The molecule has 0 unspecified atom stereocenters. The summed E-state index contributed by atoms with van der Waals surface area (Å²) < 4.78 is 13.9. The van der Waals surface area contributed by atoms with Gasteiger partial charge in [0.25, 0.3) is 0 Å². The number of anilines is 3. The number of aromatic nitrogens is 4. The molecule has 0 saturated heterocycles. The molecule has 192 valence electrons. The predicted octanol–water partition coefficient (Wildman–Crippen LogP) is 5.14. The Hall–Kier alpha value is -3.62. The van der Waals surface area contributed by atoms with Gasteiger partial charge in [-0.15, -0.1) is 0 Å². The van der Waals surface area contributed by atoms with Crippen LogP contribution in [0, 0.1) is 0 Å². The van der Waals surface area contributed by atoms with Crippen molar-refractivity contribution < 1.29 is 14.3 Å². The fourth-order valence-electron chi connectivity index (χ4n) is 4.37. The second kappa shape index (κ2) is 10.6. The number of hydrogen-bond acceptors (Lipinski definition) is 8. The number of carbonyl (C=O) groups excluding carboxylic acids is 1. The maximum absolute atomic E-state index is 11.5. The number of aldehydes is 1. The van der Waals surface area contributed by atoms with Gasteiger partial charge in [-0.2, -0.15) is 10.1 Å². The molecule has 36 heavy (non-hydrogen) atoms. The van der Waals surface area contributed by atoms with Crippen LogP contribution in [0.15, 0.2) is 36.8 Å². The van der Waals surface area contributed by atoms with Gasteiger partial charge in [0.15, 0.2) is 23.5 Å². The Balaban J connectivity index is 1.68. The molecule has 1 aliphatic rings. The highest BCUT2D eigenvalue weighted by atomic mass is 16.5. The highest BCUT2D eigenvalue weighted by molar-refractivity contribution is 5.73. The van der Waals surface area contributed by atoms with Gasteiger partial charge in [-0.25, -0.2) is 4.98 Å². The Morgan fingerprint density at radius 3 is 2.56 bits per heavy atom. The van der Waals surface area contributed by atoms with E-state index in [9.17, 15) is 4.79 Å². The van der Waals surface area contributed by atoms with E-state index < -0.39 is 5.60 Å². The Labute approximate surface area is 212 Å². The van der Waals surface area contributed by atoms with Crippen molar-refractivity contribution in [3.05, 3.63) is 36.8 Å². The summed E-state index contributed by atoms with van der Waals surface area (Å²) in [6.07, 6.45) is 10.8. The first-order valence-corrected chi connectivity index (χ1v) is 12.5. The molecule has 4 rings (SSSR count). The minimum absolute atomic E-state index is 0.0129. The minimum Gasteiger partial charge on any atom is -0.489 e. The SMILES string of the molecule is CC(C)Oc1cc(-c2cnn(C)c2)ccc1Nc1ncc(OC(C)(C)C=O)c(N(C)C2CCCC2)n1. The summed E-state index contributed by atoms with van der Waals surface area (Å²) in [4.78, 5) is 23.0. The highest BCUT2D eigenvalue weighted by Gasteiger charge is 2.27. The fraction of sp³-hybridized carbons (Fsp3) is 0.481. The summed E-state index contributed by atoms with van der Waals surface area (Å²) in [5.74, 6) is 2.27. The third-order valence-electron chi connectivity index (χ3n) is 6.23. The van der Waals surface area contributed by atoms with Crippen LogP contribution in [0.4, 0.5) is 17.5 Å². The van der Waals surface area contributed by atoms with E-state index in [1.54, 1.807) is 24.7 Å². The summed E-state index contributed by atoms with van der Waals surface area (Å²) in [5.41, 5.74) is 1.79. The van der Waals surface area contributed by atoms with E-state index in [4.69, 9.17) is 14.5 Å². The molecule has 0 amide bonds. The zero-order valence-corrected chi connectivity index (χ0v) is 22.0. The van der Waals surface area contributed by atoms with Crippen LogP contribution in [0.1, 0.15) is 53.4 Å². The first-order chi connectivity index (χ1) is 17.1. The van der Waals surface area contributed by atoms with E-state index in [1.807, 2.05) is 58.5 Å². The van der Waals surface area contributed by atoms with Crippen LogP contribution < -0.4 is 19.7 Å². The van der Waals surface area contributed by atoms with Crippen LogP contribution >= 0.6 is 0 Å². The summed E-state index contributed by atoms with van der Waals surface area (Å²) in [7, 11) is 3.92. The standard InChI is InChI=1S/C27H36N6O3/c1-18(2)35-23-13-19(20-14-29-32(5)16-20)11-12-22(23)30-26-28-15-24(36-27(3,4)17-34)25(31-26)33(6)21-9-7-8-10-21/h11-18,21H,7-10H2,1-6H3,(H,28,30,31). The Morgan fingerprint density at radius 1 is 1.17 bits per heavy atom. The Bertz CT molecular complexity index is 1200. The normalized spacial score (nSPS) is 14.2. The number of nitrogens with zero attached hydrogens (tertiary/aromatic N) is 5. The van der Waals surface area contributed by atoms with Crippen molar-refractivity contribution >= 4 is 23.7 Å². The number of rotatable bonds is 10. The van der Waals surface area contributed by atoms with E-state index in [0.717, 1.165) is 35.9 Å². The maximum atomic E-state index is 11.5. The average molecular weight is 493 g/mol. The highest BCUT2D eigenvalue weighted by Crippen LogP contribution is 2.36. The van der Waals surface area contributed by atoms with E-state index in [-0.39, 0.29) is 6.10 Å². The summed E-state index contributed by atoms with van der Waals surface area (Å²) >= 11 is 0. The Kier molecular flexibility index (Phi) is 7.47. The molecule has 0 spiro atoms. The number of aryl methyl sites for hydroxylation is 1. The van der Waals surface area contributed by atoms with Gasteiger partial charge in [0.05, 0.1) is 24.2 Å². The molecule has 0 bridgehead atoms. The molecule has 1 aromatic carbocycles. The van der Waals surface area contributed by atoms with Crippen LogP contribution in [0.5, 0.6) is 11.5 Å². The van der Waals surface area contributed by atoms with Crippen molar-refractivity contribution in [1.82, 2.24) is 19.7 Å². The summed E-state index contributed by atoms with van der Waals surface area (Å²) in [6, 6.07) is 6.34. The van der Waals surface area contributed by atoms with Gasteiger partial charge in [-0.3, -0.25) is 9.48 Å². The van der Waals surface area contributed by atoms with Crippen molar-refractivity contribution in [3.63, 3.8) is 0 Å². The van der Waals surface area contributed by atoms with E-state index in [1.165, 1.54) is 12.8 Å². The molecule has 9 nitrogen and oxygen atoms in total. The topological polar surface area (TPSA) is 94.4 Å². The first-order valence-electron chi connectivity index (χ1n) is 12.5. The molecule has 1 fully saturated rings. The van der Waals surface area contributed by atoms with Gasteiger partial charge in [0.1, 0.15) is 5.75 Å². The van der Waals surface area contributed by atoms with Gasteiger partial charge in [0, 0.05) is 31.9 Å². The molecule has 3 aromatic rings. The molecule has 1 N–H and O–H groups in total. The van der Waals surface area contributed by atoms with Gasteiger partial charge in [0.2, 0.25) is 5.95 Å². The van der Waals surface area contributed by atoms with Crippen LogP contribution in [0.3, 0.4) is 0 Å². The van der Waals surface area contributed by atoms with Gasteiger partial charge >= 0.3 is 0 Å². The predicted molar refractivity (Wildman–Crippen MR) is 141 cm³/mol. The molecule has 2 aromatic heterocycles. The zero-order chi connectivity index (χ0) is 25.9. The lowest BCUT2D eigenvalue weighted by Gasteiger charge is -2.29. The fourth-order valence-corrected chi connectivity index (χ4v) is 4.37. The second-order valence-corrected chi connectivity index (χ2v) is 10.2. The molecule has 9 heteroatoms. The van der Waals surface area contributed by atoms with Gasteiger partial charge in [-0.05, 0) is 58.2 Å². The van der Waals surface area contributed by atoms with Crippen LogP contribution in [0.25, 0.3) is 11.1 Å². The van der Waals surface area contributed by atoms with Crippen molar-refractivity contribution in [2.75, 3.05) is 17.3 Å². The largest absolute Gasteiger partial charge is 0.489 e. The number of hydrogen-bond donors (Lipinski definition) is 1. The third kappa shape index (κ3) is 5.95. The Morgan fingerprint density at radius 2 is 1.92 bits per heavy atom. The number of benzene rings is 1. The van der Waals surface area contributed by atoms with Crippen LogP contribution in [0.2, 0.25) is 0 Å². The van der Waals surface area contributed by atoms with Crippen molar-refractivity contribution in [3.8, 4) is 22.6 Å². The lowest BCUT2D eigenvalue weighted by Crippen LogP contribution is -2.34. The van der Waals surface area contributed by atoms with Gasteiger partial charge < -0.3 is 19.7 Å². The monoisotopic (exact) mass is 492 g/mol. The zero-order valence-electron chi connectivity index (χ0n) is 22.0. The quantitative estimate of drug-likeness (QED) is 0.389. The van der Waals surface area contributed by atoms with Crippen molar-refractivity contribution in [2.45, 2.75) is 71.1 Å². The smallest absolute Gasteiger partial charge is 0.229 e. The third-order valence-corrected chi connectivity index (χ3v) is 6.23. The maximum Gasteiger partial charge on any atom is 0.229 e. The summed E-state index contributed by atoms with van der Waals surface area (Å²) in [5, 5.41) is 7.61. The molecule has 1 saturated carbocycles. The van der Waals surface area contributed by atoms with Crippen molar-refractivity contribution in [1.29, 1.82) is 0 Å². The average Bonchev–Trinajstić information content (AvgIpc) is 3.52. The van der Waals surface area contributed by atoms with E-state index in [0.29, 0.717) is 29.3 Å². The molecule has 2 heterocycles. The minimum atomic E-state index is -0.982. The van der Waals surface area contributed by atoms with Crippen molar-refractivity contribution in [2.24, 2.45) is 7.05 Å². The van der Waals surface area contributed by atoms with E-state index in [2.05, 4.69) is 20.3 Å². The van der Waals surface area contributed by atoms with E-state index >= 15 is 0 Å².